The summed E-state index contributed by atoms with van der Waals surface area (Å²) >= 11 is 0. The molecular weight excluding hydrogens is 318 g/mol. The van der Waals surface area contributed by atoms with Crippen molar-refractivity contribution >= 4 is 11.9 Å². The van der Waals surface area contributed by atoms with Crippen molar-refractivity contribution in [1.82, 2.24) is 20.1 Å². The van der Waals surface area contributed by atoms with Gasteiger partial charge >= 0.3 is 6.03 Å². The van der Waals surface area contributed by atoms with Crippen molar-refractivity contribution < 1.29 is 9.59 Å². The van der Waals surface area contributed by atoms with Crippen LogP contribution in [0.15, 0.2) is 24.4 Å². The van der Waals surface area contributed by atoms with Crippen molar-refractivity contribution in [2.24, 2.45) is 11.7 Å². The Morgan fingerprint density at radius 2 is 2.00 bits per heavy atom. The van der Waals surface area contributed by atoms with Gasteiger partial charge in [0.15, 0.2) is 0 Å². The maximum Gasteiger partial charge on any atom is 0.317 e. The Balaban J connectivity index is 1.26. The minimum Gasteiger partial charge on any atom is -0.369 e. The van der Waals surface area contributed by atoms with Gasteiger partial charge < -0.3 is 20.9 Å². The third kappa shape index (κ3) is 4.69. The van der Waals surface area contributed by atoms with Gasteiger partial charge in [-0.2, -0.15) is 0 Å². The Morgan fingerprint density at radius 1 is 1.24 bits per heavy atom. The van der Waals surface area contributed by atoms with Gasteiger partial charge in [0.05, 0.1) is 0 Å². The number of piperidine rings is 1. The van der Waals surface area contributed by atoms with Crippen LogP contribution in [0.25, 0.3) is 0 Å². The first-order valence-corrected chi connectivity index (χ1v) is 9.09. The zero-order valence-electron chi connectivity index (χ0n) is 14.6. The number of nitrogens with one attached hydrogen (secondary N) is 1. The fourth-order valence-corrected chi connectivity index (χ4v) is 3.50. The van der Waals surface area contributed by atoms with Crippen molar-refractivity contribution in [2.75, 3.05) is 39.3 Å². The highest BCUT2D eigenvalue weighted by Crippen LogP contribution is 2.24. The van der Waals surface area contributed by atoms with Gasteiger partial charge in [-0.25, -0.2) is 4.79 Å². The number of carbonyl (C=O) groups is 2. The Hall–Kier alpha value is -2.15. The zero-order chi connectivity index (χ0) is 17.6. The largest absolute Gasteiger partial charge is 0.369 e. The first-order valence-electron chi connectivity index (χ1n) is 9.09. The van der Waals surface area contributed by atoms with E-state index in [9.17, 15) is 9.59 Å². The number of primary amides is 1. The molecule has 0 unspecified atom stereocenters. The number of nitrogens with zero attached hydrogens (tertiary/aromatic N) is 3. The van der Waals surface area contributed by atoms with Crippen molar-refractivity contribution in [1.29, 1.82) is 0 Å². The third-order valence-electron chi connectivity index (χ3n) is 5.19. The highest BCUT2D eigenvalue weighted by Gasteiger charge is 2.32. The van der Waals surface area contributed by atoms with E-state index in [1.807, 2.05) is 23.1 Å². The molecule has 0 bridgehead atoms. The number of hydrogen-bond donors (Lipinski definition) is 2. The molecule has 3 N–H and O–H groups in total. The number of likely N-dealkylation sites (tertiary alicyclic amines) is 2. The normalized spacial score (nSPS) is 19.4. The van der Waals surface area contributed by atoms with E-state index in [2.05, 4.69) is 15.2 Å². The summed E-state index contributed by atoms with van der Waals surface area (Å²) in [6.45, 7) is 4.94. The van der Waals surface area contributed by atoms with Crippen LogP contribution in [0, 0.1) is 5.92 Å². The predicted octanol–water partition coefficient (Wildman–Crippen LogP) is 0.778. The number of carbonyl (C=O) groups excluding carboxylic acids is 2. The lowest BCUT2D eigenvalue weighted by atomic mass is 9.96. The summed E-state index contributed by atoms with van der Waals surface area (Å²) in [6.07, 6.45) is 4.42. The molecule has 3 rings (SSSR count). The lowest BCUT2D eigenvalue weighted by Crippen LogP contribution is -2.53. The van der Waals surface area contributed by atoms with Crippen molar-refractivity contribution in [3.63, 3.8) is 0 Å². The van der Waals surface area contributed by atoms with E-state index in [4.69, 9.17) is 5.73 Å². The quantitative estimate of drug-likeness (QED) is 0.745. The van der Waals surface area contributed by atoms with Crippen LogP contribution in [0.4, 0.5) is 4.79 Å². The van der Waals surface area contributed by atoms with E-state index in [0.29, 0.717) is 12.5 Å². The standard InChI is InChI=1S/C18H27N5O2/c19-17(24)14-5-10-22(11-6-14)9-3-8-21-18(25)23-12-15(13-23)16-4-1-2-7-20-16/h1-2,4,7,14-15H,3,5-6,8-13H2,(H2,19,24)(H,21,25). The zero-order valence-corrected chi connectivity index (χ0v) is 14.6. The number of rotatable bonds is 6. The van der Waals surface area contributed by atoms with Crippen LogP contribution in [-0.2, 0) is 4.79 Å². The number of pyridine rings is 1. The molecule has 7 heteroatoms. The Kier molecular flexibility index (Phi) is 5.86. The van der Waals surface area contributed by atoms with Crippen LogP contribution in [-0.4, -0.2) is 66.0 Å². The van der Waals surface area contributed by atoms with Gasteiger partial charge in [-0.15, -0.1) is 0 Å². The number of hydrogen-bond acceptors (Lipinski definition) is 4. The number of urea groups is 1. The van der Waals surface area contributed by atoms with Crippen LogP contribution < -0.4 is 11.1 Å². The average Bonchev–Trinajstić information content (AvgIpc) is 2.59. The molecule has 25 heavy (non-hydrogen) atoms. The summed E-state index contributed by atoms with van der Waals surface area (Å²) in [5.74, 6) is 0.221. The molecule has 0 radical (unpaired) electrons. The van der Waals surface area contributed by atoms with Crippen LogP contribution >= 0.6 is 0 Å². The highest BCUT2D eigenvalue weighted by molar-refractivity contribution is 5.76. The van der Waals surface area contributed by atoms with E-state index in [1.165, 1.54) is 0 Å². The number of amides is 3. The molecule has 0 aromatic carbocycles. The van der Waals surface area contributed by atoms with Crippen molar-refractivity contribution in [3.05, 3.63) is 30.1 Å². The Labute approximate surface area is 148 Å². The van der Waals surface area contributed by atoms with Crippen LogP contribution in [0.5, 0.6) is 0 Å². The van der Waals surface area contributed by atoms with Gasteiger partial charge in [-0.05, 0) is 51.0 Å². The van der Waals surface area contributed by atoms with Gasteiger partial charge in [0, 0.05) is 43.4 Å². The van der Waals surface area contributed by atoms with Gasteiger partial charge in [0.1, 0.15) is 0 Å². The maximum atomic E-state index is 12.1. The molecule has 0 atom stereocenters. The van der Waals surface area contributed by atoms with Gasteiger partial charge in [0.2, 0.25) is 5.91 Å². The molecular formula is C18H27N5O2. The molecule has 0 aliphatic carbocycles. The summed E-state index contributed by atoms with van der Waals surface area (Å²) in [4.78, 5) is 31.8. The average molecular weight is 345 g/mol. The first-order chi connectivity index (χ1) is 12.1. The predicted molar refractivity (Wildman–Crippen MR) is 94.9 cm³/mol. The lowest BCUT2D eigenvalue weighted by molar-refractivity contribution is -0.123. The molecule has 2 aliphatic rings. The van der Waals surface area contributed by atoms with E-state index < -0.39 is 0 Å². The molecule has 2 saturated heterocycles. The molecule has 3 heterocycles. The van der Waals surface area contributed by atoms with E-state index >= 15 is 0 Å². The van der Waals surface area contributed by atoms with E-state index in [1.54, 1.807) is 6.20 Å². The highest BCUT2D eigenvalue weighted by atomic mass is 16.2. The molecule has 3 amide bonds. The second-order valence-corrected chi connectivity index (χ2v) is 6.96. The topological polar surface area (TPSA) is 91.6 Å². The summed E-state index contributed by atoms with van der Waals surface area (Å²) in [5, 5.41) is 2.99. The molecule has 1 aromatic heterocycles. The van der Waals surface area contributed by atoms with Crippen molar-refractivity contribution in [2.45, 2.75) is 25.2 Å². The third-order valence-corrected chi connectivity index (χ3v) is 5.19. The lowest BCUT2D eigenvalue weighted by Gasteiger charge is -2.38. The summed E-state index contributed by atoms with van der Waals surface area (Å²) in [5.41, 5.74) is 6.41. The number of nitrogens with two attached hydrogens (primary N) is 1. The van der Waals surface area contributed by atoms with Gasteiger partial charge in [0.25, 0.3) is 0 Å². The minimum absolute atomic E-state index is 0.0135. The van der Waals surface area contributed by atoms with Crippen LogP contribution in [0.2, 0.25) is 0 Å². The monoisotopic (exact) mass is 345 g/mol. The SMILES string of the molecule is NC(=O)C1CCN(CCCNC(=O)N2CC(c3ccccn3)C2)CC1. The minimum atomic E-state index is -0.175. The van der Waals surface area contributed by atoms with E-state index in [-0.39, 0.29) is 17.9 Å². The second-order valence-electron chi connectivity index (χ2n) is 6.96. The van der Waals surface area contributed by atoms with Crippen LogP contribution in [0.1, 0.15) is 30.9 Å². The van der Waals surface area contributed by atoms with E-state index in [0.717, 1.165) is 57.7 Å². The van der Waals surface area contributed by atoms with Crippen molar-refractivity contribution in [3.8, 4) is 0 Å². The van der Waals surface area contributed by atoms with Gasteiger partial charge in [-0.3, -0.25) is 9.78 Å². The maximum absolute atomic E-state index is 12.1. The van der Waals surface area contributed by atoms with Gasteiger partial charge in [-0.1, -0.05) is 6.07 Å². The summed E-state index contributed by atoms with van der Waals surface area (Å²) in [6, 6.07) is 5.92. The Morgan fingerprint density at radius 3 is 2.64 bits per heavy atom. The fourth-order valence-electron chi connectivity index (χ4n) is 3.50. The summed E-state index contributed by atoms with van der Waals surface area (Å²) < 4.78 is 0. The molecule has 0 saturated carbocycles. The first kappa shape index (κ1) is 17.7. The van der Waals surface area contributed by atoms with Crippen LogP contribution in [0.3, 0.4) is 0 Å². The second kappa shape index (κ2) is 8.29. The molecule has 7 nitrogen and oxygen atoms in total. The molecule has 1 aromatic rings. The molecule has 2 aliphatic heterocycles. The number of aromatic nitrogens is 1. The Bertz CT molecular complexity index is 580. The molecule has 136 valence electrons. The summed E-state index contributed by atoms with van der Waals surface area (Å²) in [7, 11) is 0. The fraction of sp³-hybridized carbons (Fsp3) is 0.611. The molecule has 0 spiro atoms. The smallest absolute Gasteiger partial charge is 0.317 e. The molecule has 2 fully saturated rings.